The quantitative estimate of drug-likeness (QED) is 0.874. The monoisotopic (exact) mass is 337 g/mol. The minimum absolute atomic E-state index is 0.0665. The van der Waals surface area contributed by atoms with Gasteiger partial charge in [0.25, 0.3) is 0 Å². The number of anilines is 1. The third-order valence-corrected chi connectivity index (χ3v) is 4.95. The van der Waals surface area contributed by atoms with Gasteiger partial charge in [0.15, 0.2) is 0 Å². The van der Waals surface area contributed by atoms with E-state index >= 15 is 0 Å². The average Bonchev–Trinajstić information content (AvgIpc) is 3.02. The number of nitrogens with one attached hydrogen (secondary N) is 1. The molecule has 2 aromatic rings. The Hall–Kier alpha value is -2.62. The molecule has 3 rings (SSSR count). The van der Waals surface area contributed by atoms with Crippen molar-refractivity contribution in [3.63, 3.8) is 0 Å². The summed E-state index contributed by atoms with van der Waals surface area (Å²) in [5, 5.41) is 12.2. The molecule has 0 saturated carbocycles. The first-order valence-electron chi connectivity index (χ1n) is 8.61. The van der Waals surface area contributed by atoms with E-state index in [4.69, 9.17) is 0 Å². The molecular weight excluding hydrogens is 314 g/mol. The van der Waals surface area contributed by atoms with Gasteiger partial charge in [0.1, 0.15) is 0 Å². The van der Waals surface area contributed by atoms with Crippen molar-refractivity contribution in [2.45, 2.75) is 44.9 Å². The Morgan fingerprint density at radius 2 is 1.72 bits per heavy atom. The molecule has 1 amide bonds. The number of aryl methyl sites for hydroxylation is 2. The van der Waals surface area contributed by atoms with Gasteiger partial charge >= 0.3 is 5.97 Å². The van der Waals surface area contributed by atoms with Gasteiger partial charge in [0, 0.05) is 5.69 Å². The van der Waals surface area contributed by atoms with Crippen LogP contribution in [0.15, 0.2) is 42.5 Å². The van der Waals surface area contributed by atoms with Crippen LogP contribution in [0.25, 0.3) is 0 Å². The summed E-state index contributed by atoms with van der Waals surface area (Å²) in [6, 6.07) is 13.3. The summed E-state index contributed by atoms with van der Waals surface area (Å²) in [6.45, 7) is 3.33. The van der Waals surface area contributed by atoms with E-state index in [0.29, 0.717) is 17.7 Å². The van der Waals surface area contributed by atoms with E-state index in [1.54, 1.807) is 38.1 Å². The first kappa shape index (κ1) is 17.2. The van der Waals surface area contributed by atoms with Crippen LogP contribution in [0, 0.1) is 0 Å². The first-order chi connectivity index (χ1) is 11.9. The largest absolute Gasteiger partial charge is 0.481 e. The predicted octanol–water partition coefficient (Wildman–Crippen LogP) is 3.72. The molecule has 0 radical (unpaired) electrons. The lowest BCUT2D eigenvalue weighted by atomic mass is 9.85. The lowest BCUT2D eigenvalue weighted by molar-refractivity contribution is -0.142. The molecule has 1 aliphatic carbocycles. The lowest BCUT2D eigenvalue weighted by Crippen LogP contribution is -2.28. The fourth-order valence-electron chi connectivity index (χ4n) is 3.22. The molecule has 130 valence electrons. The van der Waals surface area contributed by atoms with Crippen molar-refractivity contribution < 1.29 is 14.7 Å². The Bertz CT molecular complexity index is 806. The third-order valence-electron chi connectivity index (χ3n) is 4.95. The third kappa shape index (κ3) is 3.73. The van der Waals surface area contributed by atoms with Gasteiger partial charge in [-0.05, 0) is 67.5 Å². The molecule has 0 aromatic heterocycles. The summed E-state index contributed by atoms with van der Waals surface area (Å²) in [4.78, 5) is 23.6. The topological polar surface area (TPSA) is 66.4 Å². The number of rotatable bonds is 5. The number of carboxylic acids is 1. The molecule has 0 fully saturated rings. The summed E-state index contributed by atoms with van der Waals surface area (Å²) < 4.78 is 0. The van der Waals surface area contributed by atoms with Crippen molar-refractivity contribution in [3.05, 3.63) is 64.7 Å². The maximum Gasteiger partial charge on any atom is 0.313 e. The minimum Gasteiger partial charge on any atom is -0.481 e. The van der Waals surface area contributed by atoms with E-state index in [1.807, 2.05) is 6.07 Å². The number of hydrogen-bond acceptors (Lipinski definition) is 2. The Balaban J connectivity index is 1.64. The fourth-order valence-corrected chi connectivity index (χ4v) is 3.22. The van der Waals surface area contributed by atoms with Gasteiger partial charge in [-0.1, -0.05) is 30.3 Å². The highest BCUT2D eigenvalue weighted by Crippen LogP contribution is 2.25. The van der Waals surface area contributed by atoms with Gasteiger partial charge in [-0.2, -0.15) is 0 Å². The Labute approximate surface area is 147 Å². The number of carbonyl (C=O) groups excluding carboxylic acids is 1. The number of benzene rings is 2. The molecule has 4 heteroatoms. The van der Waals surface area contributed by atoms with Crippen LogP contribution in [0.4, 0.5) is 5.69 Å². The highest BCUT2D eigenvalue weighted by Gasteiger charge is 2.29. The lowest BCUT2D eigenvalue weighted by Gasteiger charge is -2.19. The molecule has 1 aliphatic rings. The second-order valence-electron chi connectivity index (χ2n) is 7.19. The summed E-state index contributed by atoms with van der Waals surface area (Å²) >= 11 is 0. The highest BCUT2D eigenvalue weighted by molar-refractivity contribution is 5.92. The second-order valence-corrected chi connectivity index (χ2v) is 7.19. The number of fused-ring (bicyclic) bond motifs is 1. The van der Waals surface area contributed by atoms with Gasteiger partial charge in [-0.15, -0.1) is 0 Å². The van der Waals surface area contributed by atoms with Gasteiger partial charge < -0.3 is 10.4 Å². The van der Waals surface area contributed by atoms with Crippen molar-refractivity contribution in [1.82, 2.24) is 0 Å². The number of aliphatic carboxylic acids is 1. The summed E-state index contributed by atoms with van der Waals surface area (Å²) in [6.07, 6.45) is 3.78. The zero-order chi connectivity index (χ0) is 18.0. The SMILES string of the molecule is CC(C)(C(=O)O)c1ccc(NC(=O)Cc2ccc3c(c2)CCC3)cc1. The molecule has 0 unspecified atom stereocenters. The van der Waals surface area contributed by atoms with E-state index in [2.05, 4.69) is 17.4 Å². The molecule has 0 aliphatic heterocycles. The maximum absolute atomic E-state index is 12.3. The average molecular weight is 337 g/mol. The molecule has 2 aromatic carbocycles. The fraction of sp³-hybridized carbons (Fsp3) is 0.333. The zero-order valence-electron chi connectivity index (χ0n) is 14.6. The van der Waals surface area contributed by atoms with Crippen LogP contribution in [-0.4, -0.2) is 17.0 Å². The maximum atomic E-state index is 12.3. The Morgan fingerprint density at radius 3 is 2.40 bits per heavy atom. The predicted molar refractivity (Wildman–Crippen MR) is 97.9 cm³/mol. The van der Waals surface area contributed by atoms with Gasteiger partial charge in [0.05, 0.1) is 11.8 Å². The van der Waals surface area contributed by atoms with Gasteiger partial charge in [-0.3, -0.25) is 9.59 Å². The standard InChI is InChI=1S/C21H23NO3/c1-21(2,20(24)25)17-8-10-18(11-9-17)22-19(23)13-14-6-7-15-4-3-5-16(15)12-14/h6-12H,3-5,13H2,1-2H3,(H,22,23)(H,24,25). The molecule has 25 heavy (non-hydrogen) atoms. The van der Waals surface area contributed by atoms with Gasteiger partial charge in [-0.25, -0.2) is 0 Å². The van der Waals surface area contributed by atoms with Crippen molar-refractivity contribution in [2.24, 2.45) is 0 Å². The molecular formula is C21H23NO3. The van der Waals surface area contributed by atoms with E-state index in [1.165, 1.54) is 17.5 Å². The zero-order valence-corrected chi connectivity index (χ0v) is 14.6. The van der Waals surface area contributed by atoms with E-state index in [9.17, 15) is 14.7 Å². The van der Waals surface area contributed by atoms with Crippen molar-refractivity contribution in [3.8, 4) is 0 Å². The molecule has 0 spiro atoms. The van der Waals surface area contributed by atoms with E-state index in [0.717, 1.165) is 18.4 Å². The minimum atomic E-state index is -0.951. The Morgan fingerprint density at radius 1 is 1.04 bits per heavy atom. The molecule has 0 bridgehead atoms. The van der Waals surface area contributed by atoms with Crippen LogP contribution >= 0.6 is 0 Å². The number of carboxylic acid groups (broad SMARTS) is 1. The molecule has 2 N–H and O–H groups in total. The van der Waals surface area contributed by atoms with Crippen LogP contribution in [0.5, 0.6) is 0 Å². The highest BCUT2D eigenvalue weighted by atomic mass is 16.4. The molecule has 0 atom stereocenters. The Kier molecular flexibility index (Phi) is 4.62. The number of hydrogen-bond donors (Lipinski definition) is 2. The number of carbonyl (C=O) groups is 2. The normalized spacial score (nSPS) is 13.4. The van der Waals surface area contributed by atoms with Crippen LogP contribution in [0.2, 0.25) is 0 Å². The van der Waals surface area contributed by atoms with Gasteiger partial charge in [0.2, 0.25) is 5.91 Å². The summed E-state index contributed by atoms with van der Waals surface area (Å²) in [7, 11) is 0. The second kappa shape index (κ2) is 6.71. The van der Waals surface area contributed by atoms with Crippen molar-refractivity contribution >= 4 is 17.6 Å². The van der Waals surface area contributed by atoms with Crippen LogP contribution in [0.1, 0.15) is 42.5 Å². The molecule has 4 nitrogen and oxygen atoms in total. The smallest absolute Gasteiger partial charge is 0.313 e. The van der Waals surface area contributed by atoms with Crippen LogP contribution in [0.3, 0.4) is 0 Å². The molecule has 0 saturated heterocycles. The number of amides is 1. The van der Waals surface area contributed by atoms with E-state index in [-0.39, 0.29) is 5.91 Å². The summed E-state index contributed by atoms with van der Waals surface area (Å²) in [5.41, 5.74) is 4.23. The first-order valence-corrected chi connectivity index (χ1v) is 8.61. The van der Waals surface area contributed by atoms with Crippen molar-refractivity contribution in [2.75, 3.05) is 5.32 Å². The van der Waals surface area contributed by atoms with E-state index < -0.39 is 11.4 Å². The van der Waals surface area contributed by atoms with Crippen LogP contribution < -0.4 is 5.32 Å². The summed E-state index contributed by atoms with van der Waals surface area (Å²) in [5.74, 6) is -0.941. The van der Waals surface area contributed by atoms with Crippen molar-refractivity contribution in [1.29, 1.82) is 0 Å². The van der Waals surface area contributed by atoms with Crippen LogP contribution in [-0.2, 0) is 34.3 Å². The molecule has 0 heterocycles.